The molecule has 1 aliphatic rings. The predicted octanol–water partition coefficient (Wildman–Crippen LogP) is 3.82. The zero-order chi connectivity index (χ0) is 10.6. The van der Waals surface area contributed by atoms with Gasteiger partial charge >= 0.3 is 0 Å². The summed E-state index contributed by atoms with van der Waals surface area (Å²) in [5.74, 6) is 2.39. The highest BCUT2D eigenvalue weighted by Gasteiger charge is 2.30. The summed E-state index contributed by atoms with van der Waals surface area (Å²) < 4.78 is 0. The predicted molar refractivity (Wildman–Crippen MR) is 60.2 cm³/mol. The van der Waals surface area contributed by atoms with Crippen molar-refractivity contribution in [2.24, 2.45) is 17.8 Å². The van der Waals surface area contributed by atoms with Crippen LogP contribution < -0.4 is 0 Å². The van der Waals surface area contributed by atoms with E-state index in [1.165, 1.54) is 32.1 Å². The van der Waals surface area contributed by atoms with E-state index in [0.29, 0.717) is 17.6 Å². The van der Waals surface area contributed by atoms with Crippen LogP contribution in [-0.4, -0.2) is 5.78 Å². The molecule has 1 heteroatoms. The molecule has 1 rings (SSSR count). The molecule has 0 heterocycles. The Balaban J connectivity index is 2.37. The van der Waals surface area contributed by atoms with E-state index in [0.717, 1.165) is 12.3 Å². The SMILES string of the molecule is CCCC1CCC(C(C)C(=O)CC)C1. The number of Topliss-reactive ketones (excluding diaryl/α,β-unsaturated/α-hetero) is 1. The van der Waals surface area contributed by atoms with E-state index in [-0.39, 0.29) is 0 Å². The first kappa shape index (κ1) is 11.7. The lowest BCUT2D eigenvalue weighted by atomic mass is 9.87. The monoisotopic (exact) mass is 196 g/mol. The minimum absolute atomic E-state index is 0.321. The Hall–Kier alpha value is -0.330. The molecule has 0 aromatic carbocycles. The standard InChI is InChI=1S/C13H24O/c1-4-6-11-7-8-12(9-11)10(3)13(14)5-2/h10-12H,4-9H2,1-3H3. The molecule has 0 aliphatic heterocycles. The topological polar surface area (TPSA) is 17.1 Å². The molecule has 1 fully saturated rings. The van der Waals surface area contributed by atoms with E-state index in [2.05, 4.69) is 13.8 Å². The van der Waals surface area contributed by atoms with Gasteiger partial charge in [-0.05, 0) is 24.7 Å². The summed E-state index contributed by atoms with van der Waals surface area (Å²) in [6.07, 6.45) is 7.34. The van der Waals surface area contributed by atoms with Crippen molar-refractivity contribution in [2.75, 3.05) is 0 Å². The second-order valence-corrected chi connectivity index (χ2v) is 4.84. The maximum absolute atomic E-state index is 11.6. The van der Waals surface area contributed by atoms with Crippen LogP contribution in [-0.2, 0) is 4.79 Å². The van der Waals surface area contributed by atoms with Gasteiger partial charge in [-0.25, -0.2) is 0 Å². The van der Waals surface area contributed by atoms with Crippen molar-refractivity contribution in [1.29, 1.82) is 0 Å². The third-order valence-electron chi connectivity index (χ3n) is 3.84. The molecule has 3 unspecified atom stereocenters. The molecule has 0 saturated heterocycles. The van der Waals surface area contributed by atoms with Gasteiger partial charge in [0.25, 0.3) is 0 Å². The first-order valence-corrected chi connectivity index (χ1v) is 6.21. The van der Waals surface area contributed by atoms with E-state index >= 15 is 0 Å². The minimum Gasteiger partial charge on any atom is -0.299 e. The van der Waals surface area contributed by atoms with Gasteiger partial charge in [-0.1, -0.05) is 40.0 Å². The molecule has 0 bridgehead atoms. The molecule has 1 aliphatic carbocycles. The molecule has 3 atom stereocenters. The molecule has 0 amide bonds. The van der Waals surface area contributed by atoms with Gasteiger partial charge in [-0.3, -0.25) is 4.79 Å². The number of rotatable bonds is 5. The zero-order valence-electron chi connectivity index (χ0n) is 9.88. The molecule has 14 heavy (non-hydrogen) atoms. The fraction of sp³-hybridized carbons (Fsp3) is 0.923. The summed E-state index contributed by atoms with van der Waals surface area (Å²) in [4.78, 5) is 11.6. The number of hydrogen-bond acceptors (Lipinski definition) is 1. The first-order chi connectivity index (χ1) is 6.69. The maximum Gasteiger partial charge on any atom is 0.135 e. The quantitative estimate of drug-likeness (QED) is 0.653. The van der Waals surface area contributed by atoms with E-state index in [4.69, 9.17) is 0 Å². The Morgan fingerprint density at radius 1 is 1.36 bits per heavy atom. The van der Waals surface area contributed by atoms with Crippen LogP contribution in [0.4, 0.5) is 0 Å². The van der Waals surface area contributed by atoms with Crippen LogP contribution in [0.1, 0.15) is 59.3 Å². The zero-order valence-corrected chi connectivity index (χ0v) is 9.88. The maximum atomic E-state index is 11.6. The second-order valence-electron chi connectivity index (χ2n) is 4.84. The highest BCUT2D eigenvalue weighted by atomic mass is 16.1. The fourth-order valence-corrected chi connectivity index (χ4v) is 2.82. The molecule has 0 aromatic heterocycles. The van der Waals surface area contributed by atoms with Crippen LogP contribution in [0.25, 0.3) is 0 Å². The van der Waals surface area contributed by atoms with Crippen molar-refractivity contribution in [2.45, 2.75) is 59.3 Å². The van der Waals surface area contributed by atoms with Crippen LogP contribution in [0.2, 0.25) is 0 Å². The Morgan fingerprint density at radius 2 is 2.07 bits per heavy atom. The number of hydrogen-bond donors (Lipinski definition) is 0. The molecular weight excluding hydrogens is 172 g/mol. The smallest absolute Gasteiger partial charge is 0.135 e. The van der Waals surface area contributed by atoms with Gasteiger partial charge in [0.05, 0.1) is 0 Å². The van der Waals surface area contributed by atoms with Crippen molar-refractivity contribution in [3.05, 3.63) is 0 Å². The van der Waals surface area contributed by atoms with Gasteiger partial charge < -0.3 is 0 Å². The largest absolute Gasteiger partial charge is 0.299 e. The minimum atomic E-state index is 0.321. The van der Waals surface area contributed by atoms with Gasteiger partial charge in [0.2, 0.25) is 0 Å². The van der Waals surface area contributed by atoms with E-state index in [1.807, 2.05) is 6.92 Å². The summed E-state index contributed by atoms with van der Waals surface area (Å²) in [7, 11) is 0. The van der Waals surface area contributed by atoms with Crippen molar-refractivity contribution < 1.29 is 4.79 Å². The number of carbonyl (C=O) groups is 1. The van der Waals surface area contributed by atoms with Gasteiger partial charge in [-0.2, -0.15) is 0 Å². The third-order valence-corrected chi connectivity index (χ3v) is 3.84. The van der Waals surface area contributed by atoms with Crippen LogP contribution in [0.5, 0.6) is 0 Å². The van der Waals surface area contributed by atoms with E-state index in [1.54, 1.807) is 0 Å². The summed E-state index contributed by atoms with van der Waals surface area (Å²) in [5, 5.41) is 0. The molecular formula is C13H24O. The van der Waals surface area contributed by atoms with Crippen LogP contribution in [0.15, 0.2) is 0 Å². The summed E-state index contributed by atoms with van der Waals surface area (Å²) >= 11 is 0. The molecule has 0 spiro atoms. The van der Waals surface area contributed by atoms with Gasteiger partial charge in [0, 0.05) is 12.3 Å². The number of carbonyl (C=O) groups excluding carboxylic acids is 1. The van der Waals surface area contributed by atoms with Crippen molar-refractivity contribution >= 4 is 5.78 Å². The van der Waals surface area contributed by atoms with Gasteiger partial charge in [0.1, 0.15) is 5.78 Å². The lowest BCUT2D eigenvalue weighted by Gasteiger charge is -2.17. The molecule has 82 valence electrons. The lowest BCUT2D eigenvalue weighted by Crippen LogP contribution is -2.18. The highest BCUT2D eigenvalue weighted by molar-refractivity contribution is 5.80. The molecule has 0 N–H and O–H groups in total. The summed E-state index contributed by atoms with van der Waals surface area (Å²) in [5.41, 5.74) is 0. The molecule has 1 nitrogen and oxygen atoms in total. The molecule has 1 saturated carbocycles. The van der Waals surface area contributed by atoms with E-state index < -0.39 is 0 Å². The highest BCUT2D eigenvalue weighted by Crippen LogP contribution is 2.38. The van der Waals surface area contributed by atoms with Gasteiger partial charge in [0.15, 0.2) is 0 Å². The van der Waals surface area contributed by atoms with Crippen molar-refractivity contribution in [3.63, 3.8) is 0 Å². The van der Waals surface area contributed by atoms with Crippen LogP contribution in [0.3, 0.4) is 0 Å². The van der Waals surface area contributed by atoms with Crippen LogP contribution in [0, 0.1) is 17.8 Å². The summed E-state index contributed by atoms with van der Waals surface area (Å²) in [6, 6.07) is 0. The third kappa shape index (κ3) is 2.83. The molecule has 0 aromatic rings. The Morgan fingerprint density at radius 3 is 2.64 bits per heavy atom. The van der Waals surface area contributed by atoms with Gasteiger partial charge in [-0.15, -0.1) is 0 Å². The average molecular weight is 196 g/mol. The normalized spacial score (nSPS) is 29.1. The van der Waals surface area contributed by atoms with Crippen molar-refractivity contribution in [1.82, 2.24) is 0 Å². The molecule has 0 radical (unpaired) electrons. The Labute approximate surface area is 88.3 Å². The van der Waals surface area contributed by atoms with E-state index in [9.17, 15) is 4.79 Å². The average Bonchev–Trinajstić information content (AvgIpc) is 2.64. The second kappa shape index (κ2) is 5.53. The Bertz CT molecular complexity index is 186. The first-order valence-electron chi connectivity index (χ1n) is 6.21. The van der Waals surface area contributed by atoms with Crippen molar-refractivity contribution in [3.8, 4) is 0 Å². The Kier molecular flexibility index (Phi) is 4.64. The fourth-order valence-electron chi connectivity index (χ4n) is 2.82. The summed E-state index contributed by atoms with van der Waals surface area (Å²) in [6.45, 7) is 6.37. The number of ketones is 1. The lowest BCUT2D eigenvalue weighted by molar-refractivity contribution is -0.123. The van der Waals surface area contributed by atoms with Crippen LogP contribution >= 0.6 is 0 Å².